The molecule has 0 saturated carbocycles. The van der Waals surface area contributed by atoms with Gasteiger partial charge in [-0.1, -0.05) is 46.0 Å². The van der Waals surface area contributed by atoms with Crippen LogP contribution in [0.3, 0.4) is 0 Å². The second kappa shape index (κ2) is 9.98. The van der Waals surface area contributed by atoms with Crippen LogP contribution in [0.2, 0.25) is 0 Å². The number of hydrogen-bond acceptors (Lipinski definition) is 1. The molecule has 0 radical (unpaired) electrons. The minimum atomic E-state index is 0.124. The van der Waals surface area contributed by atoms with E-state index in [2.05, 4.69) is 37.5 Å². The van der Waals surface area contributed by atoms with E-state index in [1.165, 1.54) is 6.42 Å². The van der Waals surface area contributed by atoms with Gasteiger partial charge >= 0.3 is 0 Å². The summed E-state index contributed by atoms with van der Waals surface area (Å²) in [5, 5.41) is 0. The van der Waals surface area contributed by atoms with E-state index in [9.17, 15) is 4.79 Å². The summed E-state index contributed by atoms with van der Waals surface area (Å²) in [4.78, 5) is 11.3. The van der Waals surface area contributed by atoms with Crippen molar-refractivity contribution >= 4 is 5.78 Å². The first kappa shape index (κ1) is 15.8. The summed E-state index contributed by atoms with van der Waals surface area (Å²) >= 11 is 0. The Balaban J connectivity index is 3.61. The molecule has 0 unspecified atom stereocenters. The van der Waals surface area contributed by atoms with Crippen LogP contribution in [0.5, 0.6) is 0 Å². The number of hydrogen-bond donors (Lipinski definition) is 0. The fourth-order valence-electron chi connectivity index (χ4n) is 1.29. The molecule has 0 aliphatic carbocycles. The van der Waals surface area contributed by atoms with Gasteiger partial charge in [0.25, 0.3) is 0 Å². The molecular formula is C16H24O. The zero-order chi connectivity index (χ0) is 13.1. The molecule has 1 nitrogen and oxygen atoms in total. The Morgan fingerprint density at radius 1 is 1.00 bits per heavy atom. The monoisotopic (exact) mass is 232 g/mol. The molecule has 0 fully saturated rings. The second-order valence-corrected chi connectivity index (χ2v) is 5.01. The average molecular weight is 232 g/mol. The third-order valence-electron chi connectivity index (χ3n) is 2.46. The molecule has 0 heterocycles. The van der Waals surface area contributed by atoms with Crippen molar-refractivity contribution in [2.45, 2.75) is 59.8 Å². The Morgan fingerprint density at radius 3 is 2.12 bits per heavy atom. The van der Waals surface area contributed by atoms with Gasteiger partial charge in [-0.05, 0) is 24.2 Å². The van der Waals surface area contributed by atoms with Crippen LogP contribution in [0.15, 0.2) is 0 Å². The normalized spacial score (nSPS) is 9.53. The number of Topliss-reactive ketones (excluding diaryl/α,β-unsaturated/α-hetero) is 1. The van der Waals surface area contributed by atoms with Crippen LogP contribution in [-0.2, 0) is 4.79 Å². The zero-order valence-corrected chi connectivity index (χ0v) is 11.6. The van der Waals surface area contributed by atoms with Gasteiger partial charge in [0.1, 0.15) is 5.78 Å². The molecular weight excluding hydrogens is 208 g/mol. The first-order valence-electron chi connectivity index (χ1n) is 6.52. The van der Waals surface area contributed by atoms with Crippen molar-refractivity contribution in [3.8, 4) is 23.7 Å². The molecule has 0 rings (SSSR count). The summed E-state index contributed by atoms with van der Waals surface area (Å²) in [6.07, 6.45) is 4.50. The summed E-state index contributed by atoms with van der Waals surface area (Å²) in [7, 11) is 0. The maximum absolute atomic E-state index is 11.3. The SMILES string of the molecule is CC(C)CCCC#CC#CCCC(=O)C(C)C. The van der Waals surface area contributed by atoms with Crippen LogP contribution < -0.4 is 0 Å². The summed E-state index contributed by atoms with van der Waals surface area (Å²) < 4.78 is 0. The molecule has 94 valence electrons. The third-order valence-corrected chi connectivity index (χ3v) is 2.46. The highest BCUT2D eigenvalue weighted by Crippen LogP contribution is 2.04. The van der Waals surface area contributed by atoms with Crippen molar-refractivity contribution in [3.63, 3.8) is 0 Å². The standard InChI is InChI=1S/C16H24O/c1-14(2)12-10-8-6-5-7-9-11-13-16(17)15(3)4/h14-15H,8,10-13H2,1-4H3. The number of unbranched alkanes of at least 4 members (excludes halogenated alkanes) is 1. The van der Waals surface area contributed by atoms with Crippen molar-refractivity contribution in [1.29, 1.82) is 0 Å². The van der Waals surface area contributed by atoms with Crippen molar-refractivity contribution in [3.05, 3.63) is 0 Å². The molecule has 0 aromatic rings. The van der Waals surface area contributed by atoms with E-state index >= 15 is 0 Å². The van der Waals surface area contributed by atoms with Crippen LogP contribution >= 0.6 is 0 Å². The zero-order valence-electron chi connectivity index (χ0n) is 11.6. The molecule has 0 atom stereocenters. The molecule has 0 aliphatic heterocycles. The van der Waals surface area contributed by atoms with E-state index < -0.39 is 0 Å². The summed E-state index contributed by atoms with van der Waals surface area (Å²) in [6.45, 7) is 8.28. The largest absolute Gasteiger partial charge is 0.299 e. The van der Waals surface area contributed by atoms with Crippen molar-refractivity contribution in [2.75, 3.05) is 0 Å². The smallest absolute Gasteiger partial charge is 0.136 e. The van der Waals surface area contributed by atoms with Gasteiger partial charge < -0.3 is 0 Å². The number of carbonyl (C=O) groups is 1. The Morgan fingerprint density at radius 2 is 1.59 bits per heavy atom. The van der Waals surface area contributed by atoms with E-state index in [1.807, 2.05) is 13.8 Å². The van der Waals surface area contributed by atoms with Crippen LogP contribution in [-0.4, -0.2) is 5.78 Å². The predicted molar refractivity (Wildman–Crippen MR) is 73.3 cm³/mol. The van der Waals surface area contributed by atoms with Crippen molar-refractivity contribution in [1.82, 2.24) is 0 Å². The van der Waals surface area contributed by atoms with Gasteiger partial charge in [-0.2, -0.15) is 0 Å². The van der Waals surface area contributed by atoms with Gasteiger partial charge in [-0.3, -0.25) is 4.79 Å². The molecule has 17 heavy (non-hydrogen) atoms. The van der Waals surface area contributed by atoms with Crippen molar-refractivity contribution < 1.29 is 4.79 Å². The van der Waals surface area contributed by atoms with Crippen LogP contribution in [0.4, 0.5) is 0 Å². The van der Waals surface area contributed by atoms with Gasteiger partial charge in [0.15, 0.2) is 0 Å². The molecule has 0 aromatic heterocycles. The Hall–Kier alpha value is -1.21. The Labute approximate surface area is 106 Å². The lowest BCUT2D eigenvalue weighted by Crippen LogP contribution is -2.05. The molecule has 0 N–H and O–H groups in total. The van der Waals surface area contributed by atoms with Crippen molar-refractivity contribution in [2.24, 2.45) is 11.8 Å². The van der Waals surface area contributed by atoms with Gasteiger partial charge in [0.2, 0.25) is 0 Å². The maximum atomic E-state index is 11.3. The Bertz CT molecular complexity index is 328. The summed E-state index contributed by atoms with van der Waals surface area (Å²) in [5.41, 5.74) is 0. The number of ketones is 1. The highest BCUT2D eigenvalue weighted by atomic mass is 16.1. The second-order valence-electron chi connectivity index (χ2n) is 5.01. The minimum absolute atomic E-state index is 0.124. The van der Waals surface area contributed by atoms with E-state index in [1.54, 1.807) is 0 Å². The van der Waals surface area contributed by atoms with Gasteiger partial charge in [0.05, 0.1) is 0 Å². The van der Waals surface area contributed by atoms with E-state index in [0.29, 0.717) is 12.8 Å². The number of rotatable bonds is 6. The average Bonchev–Trinajstić information content (AvgIpc) is 2.25. The maximum Gasteiger partial charge on any atom is 0.136 e. The molecule has 1 heteroatoms. The highest BCUT2D eigenvalue weighted by molar-refractivity contribution is 5.80. The van der Waals surface area contributed by atoms with E-state index in [0.717, 1.165) is 18.8 Å². The van der Waals surface area contributed by atoms with Gasteiger partial charge in [-0.25, -0.2) is 0 Å². The lowest BCUT2D eigenvalue weighted by Gasteiger charge is -1.99. The molecule has 0 aliphatic rings. The van der Waals surface area contributed by atoms with E-state index in [4.69, 9.17) is 0 Å². The predicted octanol–water partition coefficient (Wildman–Crippen LogP) is 3.82. The lowest BCUT2D eigenvalue weighted by molar-refractivity contribution is -0.121. The number of carbonyl (C=O) groups excluding carboxylic acids is 1. The van der Waals surface area contributed by atoms with E-state index in [-0.39, 0.29) is 11.7 Å². The molecule has 0 aromatic carbocycles. The fourth-order valence-corrected chi connectivity index (χ4v) is 1.29. The summed E-state index contributed by atoms with van der Waals surface area (Å²) in [5.74, 6) is 12.8. The van der Waals surface area contributed by atoms with Crippen LogP contribution in [0, 0.1) is 35.5 Å². The molecule has 0 amide bonds. The molecule has 0 bridgehead atoms. The Kier molecular flexibility index (Phi) is 9.27. The quantitative estimate of drug-likeness (QED) is 0.502. The molecule has 0 saturated heterocycles. The lowest BCUT2D eigenvalue weighted by atomic mass is 10.1. The summed E-state index contributed by atoms with van der Waals surface area (Å²) in [6, 6.07) is 0. The van der Waals surface area contributed by atoms with Gasteiger partial charge in [0, 0.05) is 25.2 Å². The van der Waals surface area contributed by atoms with Crippen LogP contribution in [0.1, 0.15) is 59.8 Å². The first-order chi connectivity index (χ1) is 8.04. The topological polar surface area (TPSA) is 17.1 Å². The van der Waals surface area contributed by atoms with Gasteiger partial charge in [-0.15, -0.1) is 0 Å². The minimum Gasteiger partial charge on any atom is -0.299 e. The fraction of sp³-hybridized carbons (Fsp3) is 0.688. The van der Waals surface area contributed by atoms with Crippen LogP contribution in [0.25, 0.3) is 0 Å². The third kappa shape index (κ3) is 11.1. The first-order valence-corrected chi connectivity index (χ1v) is 6.52. The molecule has 0 spiro atoms. The highest BCUT2D eigenvalue weighted by Gasteiger charge is 2.04.